The summed E-state index contributed by atoms with van der Waals surface area (Å²) in [5, 5.41) is 8.51. The molecule has 1 unspecified atom stereocenters. The minimum absolute atomic E-state index is 0.0584. The summed E-state index contributed by atoms with van der Waals surface area (Å²) in [4.78, 5) is 10.7. The Bertz CT molecular complexity index is 610. The van der Waals surface area contributed by atoms with Crippen molar-refractivity contribution in [1.29, 1.82) is 5.41 Å². The topological polar surface area (TPSA) is 88.1 Å². The summed E-state index contributed by atoms with van der Waals surface area (Å²) < 4.78 is 5.47. The van der Waals surface area contributed by atoms with Crippen molar-refractivity contribution in [3.63, 3.8) is 0 Å². The normalized spacial score (nSPS) is 19.6. The van der Waals surface area contributed by atoms with Gasteiger partial charge in [-0.25, -0.2) is 9.97 Å². The fourth-order valence-corrected chi connectivity index (χ4v) is 2.27. The van der Waals surface area contributed by atoms with E-state index in [2.05, 4.69) is 14.9 Å². The molecule has 0 bridgehead atoms. The molecule has 1 fully saturated rings. The van der Waals surface area contributed by atoms with Crippen LogP contribution in [0.25, 0.3) is 10.9 Å². The Kier molecular flexibility index (Phi) is 3.00. The van der Waals surface area contributed by atoms with Crippen LogP contribution in [0.3, 0.4) is 0 Å². The quantitative estimate of drug-likeness (QED) is 0.613. The van der Waals surface area contributed by atoms with Gasteiger partial charge in [0, 0.05) is 11.9 Å². The number of nitrogens with one attached hydrogen (secondary N) is 1. The van der Waals surface area contributed by atoms with Crippen molar-refractivity contribution in [3.8, 4) is 0 Å². The van der Waals surface area contributed by atoms with Crippen molar-refractivity contribution in [1.82, 2.24) is 9.97 Å². The van der Waals surface area contributed by atoms with Crippen molar-refractivity contribution < 1.29 is 4.74 Å². The van der Waals surface area contributed by atoms with Crippen LogP contribution in [0.2, 0.25) is 0 Å². The number of para-hydroxylation sites is 1. The largest absolute Gasteiger partial charge is 0.385 e. The molecule has 0 amide bonds. The number of ether oxygens (including phenoxy) is 1. The van der Waals surface area contributed by atoms with Gasteiger partial charge in [-0.05, 0) is 12.1 Å². The second-order valence-electron chi connectivity index (χ2n) is 4.48. The number of hydrogen-bond donors (Lipinski definition) is 2. The van der Waals surface area contributed by atoms with Gasteiger partial charge in [0.15, 0.2) is 0 Å². The van der Waals surface area contributed by atoms with Crippen LogP contribution in [-0.4, -0.2) is 41.6 Å². The molecule has 1 saturated heterocycles. The molecule has 1 aromatic heterocycles. The molecule has 1 aromatic carbocycles. The Labute approximate surface area is 110 Å². The highest BCUT2D eigenvalue weighted by atomic mass is 16.5. The zero-order chi connectivity index (χ0) is 13.2. The van der Waals surface area contributed by atoms with Gasteiger partial charge in [0.25, 0.3) is 0 Å². The first kappa shape index (κ1) is 11.9. The fourth-order valence-electron chi connectivity index (χ4n) is 2.27. The van der Waals surface area contributed by atoms with Gasteiger partial charge in [0.2, 0.25) is 0 Å². The number of anilines is 1. The average molecular weight is 257 g/mol. The van der Waals surface area contributed by atoms with Crippen LogP contribution < -0.4 is 10.6 Å². The molecule has 0 spiro atoms. The van der Waals surface area contributed by atoms with Crippen LogP contribution in [0.1, 0.15) is 0 Å². The van der Waals surface area contributed by atoms with Crippen LogP contribution in [0.15, 0.2) is 30.6 Å². The standard InChI is InChI=1S/C13H15N5O/c14-12(15)11-7-18(5-6-19-11)13-9-3-1-2-4-10(9)16-8-17-13/h1-4,8,11H,5-7H2,(H3,14,15). The first-order chi connectivity index (χ1) is 9.25. The third-order valence-corrected chi connectivity index (χ3v) is 3.23. The lowest BCUT2D eigenvalue weighted by Gasteiger charge is -2.33. The van der Waals surface area contributed by atoms with Crippen molar-refractivity contribution in [3.05, 3.63) is 30.6 Å². The summed E-state index contributed by atoms with van der Waals surface area (Å²) in [5.41, 5.74) is 6.43. The third kappa shape index (κ3) is 2.22. The molecule has 1 aliphatic rings. The van der Waals surface area contributed by atoms with Crippen LogP contribution >= 0.6 is 0 Å². The number of benzene rings is 1. The molecule has 0 aliphatic carbocycles. The lowest BCUT2D eigenvalue weighted by molar-refractivity contribution is 0.0824. The van der Waals surface area contributed by atoms with Gasteiger partial charge in [-0.2, -0.15) is 0 Å². The van der Waals surface area contributed by atoms with E-state index in [0.29, 0.717) is 13.2 Å². The van der Waals surface area contributed by atoms with E-state index in [1.807, 2.05) is 24.3 Å². The van der Waals surface area contributed by atoms with Crippen molar-refractivity contribution in [2.75, 3.05) is 24.6 Å². The van der Waals surface area contributed by atoms with Crippen LogP contribution in [0.5, 0.6) is 0 Å². The van der Waals surface area contributed by atoms with E-state index >= 15 is 0 Å². The monoisotopic (exact) mass is 257 g/mol. The highest BCUT2D eigenvalue weighted by Crippen LogP contribution is 2.24. The summed E-state index contributed by atoms with van der Waals surface area (Å²) in [5.74, 6) is 0.934. The Morgan fingerprint density at radius 2 is 2.21 bits per heavy atom. The predicted molar refractivity (Wildman–Crippen MR) is 73.4 cm³/mol. The molecule has 2 heterocycles. The second-order valence-corrected chi connectivity index (χ2v) is 4.48. The molecule has 1 atom stereocenters. The van der Waals surface area contributed by atoms with Gasteiger partial charge in [-0.15, -0.1) is 0 Å². The maximum atomic E-state index is 7.50. The number of rotatable bonds is 2. The smallest absolute Gasteiger partial charge is 0.140 e. The first-order valence-corrected chi connectivity index (χ1v) is 6.16. The molecule has 98 valence electrons. The maximum Gasteiger partial charge on any atom is 0.140 e. The number of aromatic nitrogens is 2. The van der Waals surface area contributed by atoms with Gasteiger partial charge in [0.05, 0.1) is 18.7 Å². The molecule has 1 aliphatic heterocycles. The third-order valence-electron chi connectivity index (χ3n) is 3.23. The predicted octanol–water partition coefficient (Wildman–Crippen LogP) is 0.771. The van der Waals surface area contributed by atoms with Crippen molar-refractivity contribution >= 4 is 22.6 Å². The summed E-state index contributed by atoms with van der Waals surface area (Å²) in [6, 6.07) is 7.89. The minimum Gasteiger partial charge on any atom is -0.385 e. The molecule has 2 aromatic rings. The highest BCUT2D eigenvalue weighted by Gasteiger charge is 2.24. The van der Waals surface area contributed by atoms with E-state index in [1.54, 1.807) is 6.33 Å². The molecule has 0 radical (unpaired) electrons. The molecular formula is C13H15N5O. The van der Waals surface area contributed by atoms with Crippen molar-refractivity contribution in [2.45, 2.75) is 6.10 Å². The zero-order valence-electron chi connectivity index (χ0n) is 10.4. The Balaban J connectivity index is 1.97. The lowest BCUT2D eigenvalue weighted by atomic mass is 10.2. The van der Waals surface area contributed by atoms with Gasteiger partial charge < -0.3 is 15.4 Å². The summed E-state index contributed by atoms with van der Waals surface area (Å²) in [7, 11) is 0. The Hall–Kier alpha value is -2.21. The van der Waals surface area contributed by atoms with E-state index in [-0.39, 0.29) is 11.9 Å². The second kappa shape index (κ2) is 4.81. The zero-order valence-corrected chi connectivity index (χ0v) is 10.4. The van der Waals surface area contributed by atoms with E-state index in [1.165, 1.54) is 0 Å². The summed E-state index contributed by atoms with van der Waals surface area (Å²) >= 11 is 0. The summed E-state index contributed by atoms with van der Waals surface area (Å²) in [6.45, 7) is 1.84. The minimum atomic E-state index is -0.359. The molecule has 6 heteroatoms. The Morgan fingerprint density at radius 1 is 1.37 bits per heavy atom. The number of fused-ring (bicyclic) bond motifs is 1. The number of nitrogens with two attached hydrogens (primary N) is 1. The van der Waals surface area contributed by atoms with Gasteiger partial charge in [0.1, 0.15) is 24.1 Å². The highest BCUT2D eigenvalue weighted by molar-refractivity contribution is 5.90. The van der Waals surface area contributed by atoms with E-state index in [9.17, 15) is 0 Å². The van der Waals surface area contributed by atoms with Gasteiger partial charge in [-0.1, -0.05) is 12.1 Å². The first-order valence-electron chi connectivity index (χ1n) is 6.16. The SMILES string of the molecule is N=C(N)C1CN(c2ncnc3ccccc23)CCO1. The van der Waals surface area contributed by atoms with Gasteiger partial charge >= 0.3 is 0 Å². The molecule has 19 heavy (non-hydrogen) atoms. The average Bonchev–Trinajstić information content (AvgIpc) is 2.47. The molecule has 6 nitrogen and oxygen atoms in total. The number of hydrogen-bond acceptors (Lipinski definition) is 5. The number of morpholine rings is 1. The lowest BCUT2D eigenvalue weighted by Crippen LogP contribution is -2.48. The van der Waals surface area contributed by atoms with Crippen LogP contribution in [0.4, 0.5) is 5.82 Å². The Morgan fingerprint density at radius 3 is 3.05 bits per heavy atom. The molecule has 3 rings (SSSR count). The molecule has 3 N–H and O–H groups in total. The van der Waals surface area contributed by atoms with Crippen molar-refractivity contribution in [2.24, 2.45) is 5.73 Å². The molecule has 0 saturated carbocycles. The van der Waals surface area contributed by atoms with E-state index in [0.717, 1.165) is 23.3 Å². The van der Waals surface area contributed by atoms with E-state index < -0.39 is 0 Å². The fraction of sp³-hybridized carbons (Fsp3) is 0.308. The van der Waals surface area contributed by atoms with Gasteiger partial charge in [-0.3, -0.25) is 5.41 Å². The number of amidine groups is 1. The van der Waals surface area contributed by atoms with Crippen LogP contribution in [-0.2, 0) is 4.74 Å². The van der Waals surface area contributed by atoms with Crippen LogP contribution in [0, 0.1) is 5.41 Å². The van der Waals surface area contributed by atoms with E-state index in [4.69, 9.17) is 15.9 Å². The number of nitrogens with zero attached hydrogens (tertiary/aromatic N) is 3. The maximum absolute atomic E-state index is 7.50. The summed E-state index contributed by atoms with van der Waals surface area (Å²) in [6.07, 6.45) is 1.21. The molecular weight excluding hydrogens is 242 g/mol.